The topological polar surface area (TPSA) is 114 Å². The molecule has 1 saturated heterocycles. The fourth-order valence-corrected chi connectivity index (χ4v) is 4.58. The van der Waals surface area contributed by atoms with Crippen molar-refractivity contribution in [3.63, 3.8) is 0 Å². The van der Waals surface area contributed by atoms with Gasteiger partial charge in [-0.1, -0.05) is 0 Å². The number of halogens is 1. The summed E-state index contributed by atoms with van der Waals surface area (Å²) in [6, 6.07) is 9.44. The number of hydrogen-bond donors (Lipinski definition) is 3. The Morgan fingerprint density at radius 3 is 2.77 bits per heavy atom. The maximum Gasteiger partial charge on any atom is 0.269 e. The van der Waals surface area contributed by atoms with Crippen molar-refractivity contribution in [3.05, 3.63) is 76.2 Å². The third-order valence-corrected chi connectivity index (χ3v) is 6.45. The number of aromatic nitrogens is 3. The number of rotatable bonds is 5. The van der Waals surface area contributed by atoms with Crippen molar-refractivity contribution in [2.24, 2.45) is 0 Å². The summed E-state index contributed by atoms with van der Waals surface area (Å²) < 4.78 is 13.6. The minimum Gasteiger partial charge on any atom is -0.395 e. The summed E-state index contributed by atoms with van der Waals surface area (Å²) in [4.78, 5) is 40.1. The van der Waals surface area contributed by atoms with Crippen LogP contribution in [0.15, 0.2) is 53.6 Å². The monoisotopic (exact) mass is 476 g/mol. The number of fused-ring (bicyclic) bond motifs is 3. The lowest BCUT2D eigenvalue weighted by Gasteiger charge is -2.41. The number of pyridine rings is 3. The second kappa shape index (κ2) is 9.40. The summed E-state index contributed by atoms with van der Waals surface area (Å²) in [5.41, 5.74) is 2.99. The van der Waals surface area contributed by atoms with Gasteiger partial charge in [0.25, 0.3) is 11.5 Å². The van der Waals surface area contributed by atoms with Crippen LogP contribution in [-0.2, 0) is 6.54 Å². The van der Waals surface area contributed by atoms with Crippen molar-refractivity contribution >= 4 is 33.4 Å². The van der Waals surface area contributed by atoms with E-state index < -0.39 is 5.82 Å². The Morgan fingerprint density at radius 2 is 2.03 bits per heavy atom. The van der Waals surface area contributed by atoms with Crippen LogP contribution in [0, 0.1) is 5.82 Å². The molecule has 3 N–H and O–H groups in total. The lowest BCUT2D eigenvalue weighted by molar-refractivity contribution is 0.0958. The van der Waals surface area contributed by atoms with E-state index in [1.165, 1.54) is 12.1 Å². The number of aromatic amines is 1. The molecule has 0 bridgehead atoms. The van der Waals surface area contributed by atoms with Crippen molar-refractivity contribution in [1.82, 2.24) is 25.2 Å². The van der Waals surface area contributed by atoms with Crippen molar-refractivity contribution in [2.45, 2.75) is 12.6 Å². The van der Waals surface area contributed by atoms with E-state index >= 15 is 0 Å². The first kappa shape index (κ1) is 22.9. The maximum atomic E-state index is 13.6. The molecule has 10 heteroatoms. The SMILES string of the molecule is CNC(=O)c1ccc(N2CCN(Cc3cnc4c(c3)[nH]c(=O)c3cc(F)ccc34)[C@H](CO)C2)cn1. The van der Waals surface area contributed by atoms with E-state index in [2.05, 4.69) is 30.1 Å². The molecule has 0 radical (unpaired) electrons. The lowest BCUT2D eigenvalue weighted by Crippen LogP contribution is -2.54. The fourth-order valence-electron chi connectivity index (χ4n) is 4.58. The van der Waals surface area contributed by atoms with E-state index in [-0.39, 0.29) is 29.5 Å². The molecule has 1 amide bonds. The minimum atomic E-state index is -0.466. The summed E-state index contributed by atoms with van der Waals surface area (Å²) in [7, 11) is 1.56. The molecule has 3 aromatic heterocycles. The Bertz CT molecular complexity index is 1460. The van der Waals surface area contributed by atoms with E-state index in [0.717, 1.165) is 17.8 Å². The Balaban J connectivity index is 1.34. The molecule has 0 aliphatic carbocycles. The van der Waals surface area contributed by atoms with Crippen molar-refractivity contribution in [1.29, 1.82) is 0 Å². The number of hydrogen-bond acceptors (Lipinski definition) is 7. The zero-order chi connectivity index (χ0) is 24.5. The zero-order valence-electron chi connectivity index (χ0n) is 19.2. The van der Waals surface area contributed by atoms with Crippen LogP contribution >= 0.6 is 0 Å². The predicted octanol–water partition coefficient (Wildman–Crippen LogP) is 1.65. The minimum absolute atomic E-state index is 0.0195. The highest BCUT2D eigenvalue weighted by Gasteiger charge is 2.27. The quantitative estimate of drug-likeness (QED) is 0.375. The Hall–Kier alpha value is -3.89. The molecule has 1 aliphatic heterocycles. The Labute approximate surface area is 200 Å². The van der Waals surface area contributed by atoms with Gasteiger partial charge in [-0.25, -0.2) is 9.37 Å². The van der Waals surface area contributed by atoms with Crippen LogP contribution in [0.5, 0.6) is 0 Å². The number of aliphatic hydroxyl groups excluding tert-OH is 1. The second-order valence-corrected chi connectivity index (χ2v) is 8.62. The molecular weight excluding hydrogens is 451 g/mol. The summed E-state index contributed by atoms with van der Waals surface area (Å²) in [5, 5.41) is 13.5. The highest BCUT2D eigenvalue weighted by Crippen LogP contribution is 2.23. The van der Waals surface area contributed by atoms with Gasteiger partial charge in [0.15, 0.2) is 0 Å². The highest BCUT2D eigenvalue weighted by molar-refractivity contribution is 6.02. The van der Waals surface area contributed by atoms with Crippen LogP contribution < -0.4 is 15.8 Å². The lowest BCUT2D eigenvalue weighted by atomic mass is 10.1. The summed E-state index contributed by atoms with van der Waals surface area (Å²) in [5.74, 6) is -0.702. The van der Waals surface area contributed by atoms with Gasteiger partial charge in [0, 0.05) is 44.8 Å². The molecule has 1 atom stereocenters. The van der Waals surface area contributed by atoms with Gasteiger partial charge in [-0.15, -0.1) is 0 Å². The Kier molecular flexibility index (Phi) is 6.14. The van der Waals surface area contributed by atoms with Gasteiger partial charge in [0.2, 0.25) is 0 Å². The first-order chi connectivity index (χ1) is 17.0. The molecule has 4 heterocycles. The number of anilines is 1. The van der Waals surface area contributed by atoms with Gasteiger partial charge in [-0.05, 0) is 42.0 Å². The number of carbonyl (C=O) groups excluding carboxylic acids is 1. The van der Waals surface area contributed by atoms with E-state index in [4.69, 9.17) is 0 Å². The van der Waals surface area contributed by atoms with Gasteiger partial charge in [0.1, 0.15) is 11.5 Å². The number of nitrogens with zero attached hydrogens (tertiary/aromatic N) is 4. The van der Waals surface area contributed by atoms with Gasteiger partial charge in [0.05, 0.1) is 41.0 Å². The number of benzene rings is 1. The maximum absolute atomic E-state index is 13.6. The van der Waals surface area contributed by atoms with Crippen molar-refractivity contribution in [3.8, 4) is 0 Å². The molecular formula is C25H25FN6O3. The van der Waals surface area contributed by atoms with Crippen LogP contribution in [0.4, 0.5) is 10.1 Å². The summed E-state index contributed by atoms with van der Waals surface area (Å²) in [6.45, 7) is 2.57. The summed E-state index contributed by atoms with van der Waals surface area (Å²) >= 11 is 0. The average Bonchev–Trinajstić information content (AvgIpc) is 2.88. The normalized spacial score (nSPS) is 16.7. The second-order valence-electron chi connectivity index (χ2n) is 8.62. The molecule has 4 aromatic rings. The zero-order valence-corrected chi connectivity index (χ0v) is 19.2. The smallest absolute Gasteiger partial charge is 0.269 e. The van der Waals surface area contributed by atoms with E-state index in [0.29, 0.717) is 41.7 Å². The van der Waals surface area contributed by atoms with Crippen LogP contribution in [0.2, 0.25) is 0 Å². The van der Waals surface area contributed by atoms with Crippen LogP contribution in [0.25, 0.3) is 21.8 Å². The number of H-pyrrole nitrogens is 1. The molecule has 5 rings (SSSR count). The molecule has 1 fully saturated rings. The fraction of sp³-hybridized carbons (Fsp3) is 0.280. The Morgan fingerprint density at radius 1 is 1.17 bits per heavy atom. The van der Waals surface area contributed by atoms with Gasteiger partial charge in [-0.2, -0.15) is 0 Å². The van der Waals surface area contributed by atoms with Gasteiger partial charge >= 0.3 is 0 Å². The molecule has 0 unspecified atom stereocenters. The first-order valence-electron chi connectivity index (χ1n) is 11.3. The number of piperazine rings is 1. The van der Waals surface area contributed by atoms with E-state index in [1.54, 1.807) is 31.6 Å². The molecule has 35 heavy (non-hydrogen) atoms. The number of aliphatic hydroxyl groups is 1. The van der Waals surface area contributed by atoms with E-state index in [9.17, 15) is 19.1 Å². The molecule has 180 valence electrons. The predicted molar refractivity (Wildman–Crippen MR) is 131 cm³/mol. The molecule has 0 spiro atoms. The van der Waals surface area contributed by atoms with Crippen LogP contribution in [0.3, 0.4) is 0 Å². The standard InChI is InChI=1S/C25H25FN6O3/c1-27-25(35)21-5-3-17(11-28-21)32-7-6-31(18(13-32)14-33)12-15-8-22-23(29-10-15)19-4-2-16(26)9-20(19)24(34)30-22/h2-5,8-11,18,33H,6-7,12-14H2,1H3,(H,27,35)(H,30,34)/t18-/m0/s1. The third kappa shape index (κ3) is 4.45. The number of carbonyl (C=O) groups is 1. The van der Waals surface area contributed by atoms with Crippen molar-refractivity contribution in [2.75, 3.05) is 38.2 Å². The van der Waals surface area contributed by atoms with Crippen LogP contribution in [-0.4, -0.2) is 70.2 Å². The first-order valence-corrected chi connectivity index (χ1v) is 11.3. The molecule has 9 nitrogen and oxygen atoms in total. The van der Waals surface area contributed by atoms with E-state index in [1.807, 2.05) is 12.1 Å². The largest absolute Gasteiger partial charge is 0.395 e. The van der Waals surface area contributed by atoms with Crippen molar-refractivity contribution < 1.29 is 14.3 Å². The number of amides is 1. The van der Waals surface area contributed by atoms with Crippen LogP contribution in [0.1, 0.15) is 16.1 Å². The third-order valence-electron chi connectivity index (χ3n) is 6.45. The molecule has 0 saturated carbocycles. The highest BCUT2D eigenvalue weighted by atomic mass is 19.1. The molecule has 1 aliphatic rings. The van der Waals surface area contributed by atoms with Gasteiger partial charge in [-0.3, -0.25) is 19.5 Å². The molecule has 1 aromatic carbocycles. The number of nitrogens with one attached hydrogen (secondary N) is 2. The summed E-state index contributed by atoms with van der Waals surface area (Å²) in [6.07, 6.45) is 3.43. The average molecular weight is 477 g/mol. The van der Waals surface area contributed by atoms with Gasteiger partial charge < -0.3 is 20.3 Å².